The second kappa shape index (κ2) is 11.5. The zero-order valence-corrected chi connectivity index (χ0v) is 21.1. The second-order valence-corrected chi connectivity index (χ2v) is 9.14. The van der Waals surface area contributed by atoms with Crippen molar-refractivity contribution >= 4 is 18.0 Å². The molecule has 0 aliphatic carbocycles. The van der Waals surface area contributed by atoms with E-state index in [-0.39, 0.29) is 36.7 Å². The third-order valence-electron chi connectivity index (χ3n) is 6.93. The molecule has 2 aliphatic heterocycles. The topological polar surface area (TPSA) is 83.5 Å². The minimum absolute atomic E-state index is 0.0109. The molecule has 0 saturated carbocycles. The molecular formula is C28H33NO7. The first-order chi connectivity index (χ1) is 17.4. The van der Waals surface area contributed by atoms with Crippen LogP contribution in [0.2, 0.25) is 0 Å². The normalized spacial score (nSPS) is 23.3. The molecule has 8 nitrogen and oxygen atoms in total. The number of piperidine rings is 1. The number of hydrogen-bond donors (Lipinski definition) is 0. The van der Waals surface area contributed by atoms with Gasteiger partial charge in [-0.2, -0.15) is 0 Å². The Labute approximate surface area is 211 Å². The van der Waals surface area contributed by atoms with Gasteiger partial charge >= 0.3 is 11.9 Å². The Morgan fingerprint density at radius 1 is 0.944 bits per heavy atom. The van der Waals surface area contributed by atoms with Gasteiger partial charge in [0.15, 0.2) is 11.5 Å². The van der Waals surface area contributed by atoms with Gasteiger partial charge in [0.05, 0.1) is 33.8 Å². The van der Waals surface area contributed by atoms with Gasteiger partial charge in [-0.3, -0.25) is 9.69 Å². The molecule has 2 aliphatic rings. The van der Waals surface area contributed by atoms with Crippen LogP contribution < -0.4 is 14.2 Å². The van der Waals surface area contributed by atoms with Crippen LogP contribution in [0.15, 0.2) is 48.5 Å². The van der Waals surface area contributed by atoms with E-state index >= 15 is 0 Å². The molecule has 2 aromatic rings. The molecule has 2 fully saturated rings. The van der Waals surface area contributed by atoms with Gasteiger partial charge in [-0.05, 0) is 36.4 Å². The molecule has 4 rings (SSSR count). The Bertz CT molecular complexity index is 1080. The van der Waals surface area contributed by atoms with Gasteiger partial charge < -0.3 is 23.7 Å². The number of hydrogen-bond acceptors (Lipinski definition) is 8. The van der Waals surface area contributed by atoms with Gasteiger partial charge in [-0.15, -0.1) is 0 Å². The molecule has 192 valence electrons. The molecule has 2 bridgehead atoms. The first-order valence-electron chi connectivity index (χ1n) is 12.1. The van der Waals surface area contributed by atoms with E-state index in [1.165, 1.54) is 13.2 Å². The third kappa shape index (κ3) is 5.82. The van der Waals surface area contributed by atoms with Gasteiger partial charge in [-0.1, -0.05) is 30.3 Å². The lowest BCUT2D eigenvalue weighted by atomic mass is 10.00. The second-order valence-electron chi connectivity index (χ2n) is 9.14. The SMILES string of the molecule is COc1cc(/C=C\C(=O)O[C@H]2C[C@@H]3C[C@H](OC(=O)Cc4ccccc4)C[C@H]2N3C)cc(OC)c1OC. The summed E-state index contributed by atoms with van der Waals surface area (Å²) in [4.78, 5) is 27.4. The largest absolute Gasteiger partial charge is 0.493 e. The molecule has 0 radical (unpaired) electrons. The van der Waals surface area contributed by atoms with E-state index in [0.717, 1.165) is 18.4 Å². The van der Waals surface area contributed by atoms with Crippen LogP contribution in [-0.2, 0) is 25.5 Å². The van der Waals surface area contributed by atoms with Crippen LogP contribution in [0, 0.1) is 0 Å². The fourth-order valence-electron chi connectivity index (χ4n) is 5.14. The predicted molar refractivity (Wildman–Crippen MR) is 134 cm³/mol. The number of nitrogens with zero attached hydrogens (tertiary/aromatic N) is 1. The number of carbonyl (C=O) groups is 2. The number of carbonyl (C=O) groups excluding carboxylic acids is 2. The number of likely N-dealkylation sites (N-methyl/N-ethyl adjacent to an activating group) is 1. The van der Waals surface area contributed by atoms with Crippen molar-refractivity contribution in [3.05, 3.63) is 59.7 Å². The molecule has 2 heterocycles. The van der Waals surface area contributed by atoms with Crippen LogP contribution in [0.5, 0.6) is 17.2 Å². The molecule has 0 amide bonds. The van der Waals surface area contributed by atoms with E-state index in [2.05, 4.69) is 4.90 Å². The number of esters is 2. The minimum Gasteiger partial charge on any atom is -0.493 e. The number of fused-ring (bicyclic) bond motifs is 2. The summed E-state index contributed by atoms with van der Waals surface area (Å²) < 4.78 is 27.7. The molecular weight excluding hydrogens is 462 g/mol. The minimum atomic E-state index is -0.424. The predicted octanol–water partition coefficient (Wildman–Crippen LogP) is 3.66. The zero-order valence-electron chi connectivity index (χ0n) is 21.1. The summed E-state index contributed by atoms with van der Waals surface area (Å²) in [6, 6.07) is 13.3. The Balaban J connectivity index is 1.35. The van der Waals surface area contributed by atoms with E-state index in [9.17, 15) is 9.59 Å². The van der Waals surface area contributed by atoms with E-state index in [4.69, 9.17) is 23.7 Å². The number of benzene rings is 2. The van der Waals surface area contributed by atoms with Crippen LogP contribution in [0.1, 0.15) is 30.4 Å². The molecule has 2 aromatic carbocycles. The van der Waals surface area contributed by atoms with Crippen LogP contribution in [-0.4, -0.2) is 69.5 Å². The van der Waals surface area contributed by atoms with E-state index in [0.29, 0.717) is 29.2 Å². The van der Waals surface area contributed by atoms with Crippen LogP contribution in [0.25, 0.3) is 6.08 Å². The highest BCUT2D eigenvalue weighted by Gasteiger charge is 2.47. The maximum atomic E-state index is 12.7. The Morgan fingerprint density at radius 2 is 1.64 bits per heavy atom. The third-order valence-corrected chi connectivity index (χ3v) is 6.93. The maximum Gasteiger partial charge on any atom is 0.331 e. The van der Waals surface area contributed by atoms with Crippen LogP contribution in [0.4, 0.5) is 0 Å². The zero-order chi connectivity index (χ0) is 25.7. The van der Waals surface area contributed by atoms with Crippen molar-refractivity contribution in [2.75, 3.05) is 28.4 Å². The number of rotatable bonds is 9. The van der Waals surface area contributed by atoms with E-state index in [1.54, 1.807) is 32.4 Å². The number of ether oxygens (including phenoxy) is 5. The van der Waals surface area contributed by atoms with Crippen molar-refractivity contribution in [1.82, 2.24) is 4.90 Å². The Morgan fingerprint density at radius 3 is 2.28 bits per heavy atom. The summed E-state index contributed by atoms with van der Waals surface area (Å²) in [7, 11) is 6.66. The highest BCUT2D eigenvalue weighted by molar-refractivity contribution is 5.87. The maximum absolute atomic E-state index is 12.7. The van der Waals surface area contributed by atoms with Crippen LogP contribution >= 0.6 is 0 Å². The molecule has 0 spiro atoms. The van der Waals surface area contributed by atoms with Gasteiger partial charge in [0.2, 0.25) is 5.75 Å². The van der Waals surface area contributed by atoms with Gasteiger partial charge in [0, 0.05) is 31.4 Å². The number of methoxy groups -OCH3 is 3. The molecule has 0 aromatic heterocycles. The van der Waals surface area contributed by atoms with Crippen LogP contribution in [0.3, 0.4) is 0 Å². The summed E-state index contributed by atoms with van der Waals surface area (Å²) in [6.45, 7) is 0. The Hall–Kier alpha value is -3.52. The lowest BCUT2D eigenvalue weighted by Crippen LogP contribution is -2.46. The lowest BCUT2D eigenvalue weighted by Gasteiger charge is -2.36. The highest BCUT2D eigenvalue weighted by Crippen LogP contribution is 2.39. The summed E-state index contributed by atoms with van der Waals surface area (Å²) in [5, 5.41) is 0. The molecule has 2 saturated heterocycles. The standard InChI is InChI=1S/C28H33NO7/c1-29-20-15-21(35-27(31)14-18-8-6-5-7-9-18)17-22(29)23(16-20)36-26(30)11-10-19-12-24(32-2)28(34-4)25(13-19)33-3/h5-13,20-23H,14-17H2,1-4H3/b11-10-/t20-,21-,22+,23-/m0/s1. The first-order valence-corrected chi connectivity index (χ1v) is 12.1. The first kappa shape index (κ1) is 25.6. The lowest BCUT2D eigenvalue weighted by molar-refractivity contribution is -0.153. The summed E-state index contributed by atoms with van der Waals surface area (Å²) in [5.74, 6) is 0.845. The van der Waals surface area contributed by atoms with Gasteiger partial charge in [0.25, 0.3) is 0 Å². The van der Waals surface area contributed by atoms with Crippen molar-refractivity contribution < 1.29 is 33.3 Å². The molecule has 0 unspecified atom stereocenters. The summed E-state index contributed by atoms with van der Waals surface area (Å²) >= 11 is 0. The van der Waals surface area contributed by atoms with Crippen molar-refractivity contribution in [2.24, 2.45) is 0 Å². The van der Waals surface area contributed by atoms with Crippen molar-refractivity contribution in [3.63, 3.8) is 0 Å². The fraction of sp³-hybridized carbons (Fsp3) is 0.429. The Kier molecular flexibility index (Phi) is 8.15. The smallest absolute Gasteiger partial charge is 0.331 e. The van der Waals surface area contributed by atoms with Gasteiger partial charge in [0.1, 0.15) is 12.2 Å². The molecule has 8 heteroatoms. The van der Waals surface area contributed by atoms with Crippen molar-refractivity contribution in [1.29, 1.82) is 0 Å². The highest BCUT2D eigenvalue weighted by atomic mass is 16.6. The van der Waals surface area contributed by atoms with Crippen molar-refractivity contribution in [3.8, 4) is 17.2 Å². The van der Waals surface area contributed by atoms with Crippen molar-refractivity contribution in [2.45, 2.75) is 50.0 Å². The monoisotopic (exact) mass is 495 g/mol. The van der Waals surface area contributed by atoms with E-state index in [1.807, 2.05) is 37.4 Å². The molecule has 0 N–H and O–H groups in total. The summed E-state index contributed by atoms with van der Waals surface area (Å²) in [5.41, 5.74) is 1.65. The summed E-state index contributed by atoms with van der Waals surface area (Å²) in [6.07, 6.45) is 4.99. The average Bonchev–Trinajstić information content (AvgIpc) is 3.04. The molecule has 4 atom stereocenters. The van der Waals surface area contributed by atoms with E-state index < -0.39 is 5.97 Å². The average molecular weight is 496 g/mol. The molecule has 36 heavy (non-hydrogen) atoms. The van der Waals surface area contributed by atoms with Gasteiger partial charge in [-0.25, -0.2) is 4.79 Å². The quantitative estimate of drug-likeness (QED) is 0.385. The fourth-order valence-corrected chi connectivity index (χ4v) is 5.14.